The Morgan fingerprint density at radius 2 is 0.966 bits per heavy atom. The van der Waals surface area contributed by atoms with Gasteiger partial charge in [0.25, 0.3) is 0 Å². The molecule has 2 aromatic heterocycles. The van der Waals surface area contributed by atoms with E-state index in [1.165, 1.54) is 48.0 Å². The van der Waals surface area contributed by atoms with Crippen LogP contribution >= 0.6 is 22.7 Å². The summed E-state index contributed by atoms with van der Waals surface area (Å²) in [7, 11) is 0. The highest BCUT2D eigenvalue weighted by atomic mass is 32.1. The van der Waals surface area contributed by atoms with Crippen LogP contribution < -0.4 is 4.90 Å². The molecule has 0 saturated carbocycles. The van der Waals surface area contributed by atoms with Crippen molar-refractivity contribution in [2.24, 2.45) is 0 Å². The molecule has 0 N–H and O–H groups in total. The Morgan fingerprint density at radius 1 is 0.407 bits per heavy atom. The van der Waals surface area contributed by atoms with Crippen LogP contribution in [0.15, 0.2) is 200 Å². The van der Waals surface area contributed by atoms with E-state index in [9.17, 15) is 0 Å². The third kappa shape index (κ3) is 6.95. The molecule has 0 radical (unpaired) electrons. The van der Waals surface area contributed by atoms with Crippen LogP contribution in [0, 0.1) is 0 Å². The van der Waals surface area contributed by atoms with Crippen LogP contribution in [0.25, 0.3) is 80.7 Å². The van der Waals surface area contributed by atoms with E-state index in [4.69, 9.17) is 9.97 Å². The molecule has 11 rings (SSSR count). The van der Waals surface area contributed by atoms with E-state index >= 15 is 0 Å². The summed E-state index contributed by atoms with van der Waals surface area (Å²) in [6.45, 7) is 0. The van der Waals surface area contributed by atoms with Gasteiger partial charge in [-0.05, 0) is 129 Å². The van der Waals surface area contributed by atoms with Crippen LogP contribution in [0.2, 0.25) is 0 Å². The number of fused-ring (bicyclic) bond motifs is 3. The summed E-state index contributed by atoms with van der Waals surface area (Å²) in [5, 5.41) is 4.59. The number of hydrogen-bond acceptors (Lipinski definition) is 5. The van der Waals surface area contributed by atoms with E-state index < -0.39 is 0 Å². The minimum Gasteiger partial charge on any atom is -0.310 e. The maximum absolute atomic E-state index is 5.01. The molecule has 0 spiro atoms. The van der Waals surface area contributed by atoms with E-state index in [1.54, 1.807) is 22.7 Å². The van der Waals surface area contributed by atoms with E-state index in [-0.39, 0.29) is 0 Å². The van der Waals surface area contributed by atoms with Crippen LogP contribution in [0.3, 0.4) is 0 Å². The average Bonchev–Trinajstić information content (AvgIpc) is 3.95. The van der Waals surface area contributed by atoms with E-state index in [1.807, 2.05) is 6.07 Å². The molecule has 59 heavy (non-hydrogen) atoms. The van der Waals surface area contributed by atoms with Gasteiger partial charge in [-0.2, -0.15) is 0 Å². The van der Waals surface area contributed by atoms with E-state index in [2.05, 4.69) is 199 Å². The Labute approximate surface area is 351 Å². The molecule has 280 valence electrons. The van der Waals surface area contributed by atoms with Crippen LogP contribution in [0.1, 0.15) is 17.8 Å². The highest BCUT2D eigenvalue weighted by molar-refractivity contribution is 7.21. The maximum atomic E-state index is 5.01. The van der Waals surface area contributed by atoms with Gasteiger partial charge < -0.3 is 4.90 Å². The number of anilines is 3. The first-order valence-corrected chi connectivity index (χ1v) is 21.6. The highest BCUT2D eigenvalue weighted by Gasteiger charge is 2.16. The van der Waals surface area contributed by atoms with Crippen molar-refractivity contribution < 1.29 is 0 Å². The molecule has 0 fully saturated rings. The molecule has 0 bridgehead atoms. The molecular formula is C54H37N3S2. The fraction of sp³-hybridized carbons (Fsp3) is 0.0370. The van der Waals surface area contributed by atoms with Gasteiger partial charge in [0.05, 0.1) is 20.4 Å². The molecule has 0 aliphatic heterocycles. The highest BCUT2D eigenvalue weighted by Crippen LogP contribution is 2.40. The fourth-order valence-corrected chi connectivity index (χ4v) is 10.1. The Bertz CT molecular complexity index is 3190. The van der Waals surface area contributed by atoms with Gasteiger partial charge in [0.15, 0.2) is 0 Å². The number of hydrogen-bond donors (Lipinski definition) is 0. The molecule has 2 heterocycles. The molecular weight excluding hydrogens is 755 g/mol. The zero-order valence-electron chi connectivity index (χ0n) is 32.1. The normalized spacial score (nSPS) is 12.6. The van der Waals surface area contributed by atoms with Crippen molar-refractivity contribution in [2.45, 2.75) is 12.8 Å². The molecule has 10 aromatic rings. The van der Waals surface area contributed by atoms with Crippen LogP contribution in [-0.2, 0) is 0 Å². The van der Waals surface area contributed by atoms with Crippen molar-refractivity contribution in [1.29, 1.82) is 0 Å². The van der Waals surface area contributed by atoms with Crippen molar-refractivity contribution in [3.63, 3.8) is 0 Å². The fourth-order valence-electron chi connectivity index (χ4n) is 8.07. The van der Waals surface area contributed by atoms with E-state index in [0.29, 0.717) is 0 Å². The van der Waals surface area contributed by atoms with Gasteiger partial charge in [0.1, 0.15) is 10.0 Å². The average molecular weight is 792 g/mol. The summed E-state index contributed by atoms with van der Waals surface area (Å²) in [6, 6.07) is 65.8. The minimum atomic E-state index is 1.03. The lowest BCUT2D eigenvalue weighted by Crippen LogP contribution is -2.09. The summed E-state index contributed by atoms with van der Waals surface area (Å²) in [6.07, 6.45) is 8.71. The molecule has 0 amide bonds. The topological polar surface area (TPSA) is 29.0 Å². The Balaban J connectivity index is 0.943. The lowest BCUT2D eigenvalue weighted by Gasteiger charge is -2.26. The van der Waals surface area contributed by atoms with Crippen molar-refractivity contribution in [3.8, 4) is 44.0 Å². The van der Waals surface area contributed by atoms with Gasteiger partial charge in [0, 0.05) is 22.6 Å². The number of rotatable bonds is 8. The first-order chi connectivity index (χ1) is 29.2. The lowest BCUT2D eigenvalue weighted by atomic mass is 10.00. The van der Waals surface area contributed by atoms with Gasteiger partial charge in [-0.15, -0.1) is 22.7 Å². The SMILES string of the molecule is C1=CCCC(c2nc3ccc(-c4ccc(N(c5ccc(-c6ccc7sc(-c8ccccc8)nc7c6)cc5)c5ccc6cc(-c7ccccc7)ccc6c5)cc4)cc3s2)=C1. The van der Waals surface area contributed by atoms with Gasteiger partial charge in [-0.25, -0.2) is 9.97 Å². The number of thiazole rings is 2. The van der Waals surface area contributed by atoms with Gasteiger partial charge in [-0.3, -0.25) is 0 Å². The molecule has 0 saturated heterocycles. The summed E-state index contributed by atoms with van der Waals surface area (Å²) in [5.74, 6) is 0. The standard InChI is InChI=1S/C54H37N3S2/c1-4-10-36(11-5-1)41-16-17-43-33-48(29-22-42(43)32-41)57(46-25-18-37(19-26-46)44-24-31-51-50(34-44)56-54(58-51)40-14-8-3-9-15-40)47-27-20-38(21-28-47)45-23-30-49-52(35-45)59-53(55-49)39-12-6-2-7-13-39/h1-6,8-12,14-35H,7,13H2. The minimum absolute atomic E-state index is 1.03. The molecule has 0 atom stereocenters. The predicted octanol–water partition coefficient (Wildman–Crippen LogP) is 15.9. The third-order valence-electron chi connectivity index (χ3n) is 11.2. The van der Waals surface area contributed by atoms with E-state index in [0.717, 1.165) is 67.6 Å². The first-order valence-electron chi connectivity index (χ1n) is 20.0. The lowest BCUT2D eigenvalue weighted by molar-refractivity contribution is 1.05. The molecule has 3 nitrogen and oxygen atoms in total. The second-order valence-corrected chi connectivity index (χ2v) is 17.0. The van der Waals surface area contributed by atoms with Crippen molar-refractivity contribution in [3.05, 3.63) is 205 Å². The monoisotopic (exact) mass is 791 g/mol. The smallest absolute Gasteiger partial charge is 0.124 e. The van der Waals surface area contributed by atoms with Gasteiger partial charge >= 0.3 is 0 Å². The number of benzene rings is 8. The summed E-state index contributed by atoms with van der Waals surface area (Å²) >= 11 is 3.53. The largest absolute Gasteiger partial charge is 0.310 e. The number of nitrogens with zero attached hydrogens (tertiary/aromatic N) is 3. The van der Waals surface area contributed by atoms with Crippen LogP contribution in [0.5, 0.6) is 0 Å². The summed E-state index contributed by atoms with van der Waals surface area (Å²) < 4.78 is 2.41. The zero-order chi connectivity index (χ0) is 39.1. The second-order valence-electron chi connectivity index (χ2n) is 15.0. The molecule has 5 heteroatoms. The van der Waals surface area contributed by atoms with Crippen molar-refractivity contribution >= 4 is 76.5 Å². The Kier molecular flexibility index (Phi) is 9.03. The molecule has 1 aliphatic carbocycles. The van der Waals surface area contributed by atoms with Gasteiger partial charge in [0.2, 0.25) is 0 Å². The predicted molar refractivity (Wildman–Crippen MR) is 253 cm³/mol. The quantitative estimate of drug-likeness (QED) is 0.153. The first kappa shape index (κ1) is 35.3. The molecule has 1 aliphatic rings. The Hall–Kier alpha value is -6.92. The maximum Gasteiger partial charge on any atom is 0.124 e. The number of allylic oxidation sites excluding steroid dienone is 4. The summed E-state index contributed by atoms with van der Waals surface area (Å²) in [4.78, 5) is 12.3. The second kappa shape index (κ2) is 15.1. The van der Waals surface area contributed by atoms with Crippen LogP contribution in [0.4, 0.5) is 17.1 Å². The molecule has 8 aromatic carbocycles. The third-order valence-corrected chi connectivity index (χ3v) is 13.4. The summed E-state index contributed by atoms with van der Waals surface area (Å²) in [5.41, 5.74) is 15.0. The van der Waals surface area contributed by atoms with Crippen molar-refractivity contribution in [2.75, 3.05) is 4.90 Å². The van der Waals surface area contributed by atoms with Crippen molar-refractivity contribution in [1.82, 2.24) is 9.97 Å². The molecule has 0 unspecified atom stereocenters. The zero-order valence-corrected chi connectivity index (χ0v) is 33.8. The Morgan fingerprint density at radius 3 is 1.69 bits per heavy atom. The number of aromatic nitrogens is 2. The van der Waals surface area contributed by atoms with Crippen LogP contribution in [-0.4, -0.2) is 9.97 Å². The van der Waals surface area contributed by atoms with Gasteiger partial charge in [-0.1, -0.05) is 133 Å².